The van der Waals surface area contributed by atoms with Crippen molar-refractivity contribution in [2.45, 2.75) is 18.4 Å². The third-order valence-corrected chi connectivity index (χ3v) is 1.61. The third-order valence-electron chi connectivity index (χ3n) is 1.52. The monoisotopic (exact) mass is 143 g/mol. The minimum atomic E-state index is 0.0382. The average Bonchev–Trinajstić information content (AvgIpc) is 2.51. The molecule has 0 unspecified atom stereocenters. The molecule has 0 aromatic rings. The molecule has 0 N–H and O–H groups in total. The summed E-state index contributed by atoms with van der Waals surface area (Å²) in [6.45, 7) is 0.691. The van der Waals surface area contributed by atoms with E-state index in [9.17, 15) is 0 Å². The van der Waals surface area contributed by atoms with Crippen LogP contribution in [-0.4, -0.2) is 24.4 Å². The number of ether oxygens (including phenoxy) is 1. The topological polar surface area (TPSA) is 21.6 Å². The van der Waals surface area contributed by atoms with Crippen LogP contribution in [0.5, 0.6) is 0 Å². The summed E-state index contributed by atoms with van der Waals surface area (Å²) in [4.78, 5) is 4.00. The SMILES string of the molecule is COCC1(N=C=S)CC1. The van der Waals surface area contributed by atoms with E-state index in [1.165, 1.54) is 0 Å². The van der Waals surface area contributed by atoms with Crippen LogP contribution in [0, 0.1) is 0 Å². The molecule has 1 aliphatic rings. The van der Waals surface area contributed by atoms with E-state index in [0.717, 1.165) is 12.8 Å². The number of hydrogen-bond acceptors (Lipinski definition) is 3. The highest BCUT2D eigenvalue weighted by Gasteiger charge is 2.42. The van der Waals surface area contributed by atoms with Gasteiger partial charge in [0.2, 0.25) is 0 Å². The molecule has 0 spiro atoms. The second-order valence-electron chi connectivity index (χ2n) is 2.36. The molecule has 0 aromatic carbocycles. The molecule has 2 nitrogen and oxygen atoms in total. The van der Waals surface area contributed by atoms with Gasteiger partial charge < -0.3 is 4.74 Å². The summed E-state index contributed by atoms with van der Waals surface area (Å²) < 4.78 is 4.94. The van der Waals surface area contributed by atoms with E-state index in [1.54, 1.807) is 7.11 Å². The Balaban J connectivity index is 2.42. The lowest BCUT2D eigenvalue weighted by molar-refractivity contribution is 0.174. The van der Waals surface area contributed by atoms with Crippen LogP contribution in [0.3, 0.4) is 0 Å². The fourth-order valence-electron chi connectivity index (χ4n) is 0.798. The van der Waals surface area contributed by atoms with Crippen molar-refractivity contribution in [1.29, 1.82) is 0 Å². The second-order valence-corrected chi connectivity index (χ2v) is 2.54. The summed E-state index contributed by atoms with van der Waals surface area (Å²) in [5, 5.41) is 2.38. The van der Waals surface area contributed by atoms with Gasteiger partial charge in [-0.15, -0.1) is 0 Å². The smallest absolute Gasteiger partial charge is 0.0944 e. The van der Waals surface area contributed by atoms with E-state index in [0.29, 0.717) is 6.61 Å². The highest BCUT2D eigenvalue weighted by molar-refractivity contribution is 7.78. The lowest BCUT2D eigenvalue weighted by Crippen LogP contribution is -2.11. The molecule has 1 rings (SSSR count). The minimum Gasteiger partial charge on any atom is -0.382 e. The Hall–Kier alpha value is -0.240. The maximum absolute atomic E-state index is 4.94. The molecule has 50 valence electrons. The fourth-order valence-corrected chi connectivity index (χ4v) is 0.992. The van der Waals surface area contributed by atoms with Gasteiger partial charge in [-0.2, -0.15) is 0 Å². The predicted octanol–water partition coefficient (Wildman–Crippen LogP) is 1.27. The van der Waals surface area contributed by atoms with Gasteiger partial charge in [0.25, 0.3) is 0 Å². The Kier molecular flexibility index (Phi) is 1.96. The Bertz CT molecular complexity index is 147. The first kappa shape index (κ1) is 6.87. The first-order chi connectivity index (χ1) is 4.33. The van der Waals surface area contributed by atoms with Gasteiger partial charge >= 0.3 is 0 Å². The van der Waals surface area contributed by atoms with Gasteiger partial charge in [-0.05, 0) is 25.1 Å². The summed E-state index contributed by atoms with van der Waals surface area (Å²) in [5.74, 6) is 0. The standard InChI is InChI=1S/C6H9NOS/c1-8-4-6(2-3-6)7-5-9/h2-4H2,1H3. The van der Waals surface area contributed by atoms with E-state index in [4.69, 9.17) is 4.74 Å². The number of methoxy groups -OCH3 is 1. The van der Waals surface area contributed by atoms with Crippen molar-refractivity contribution in [3.63, 3.8) is 0 Å². The van der Waals surface area contributed by atoms with Crippen LogP contribution in [0.1, 0.15) is 12.8 Å². The summed E-state index contributed by atoms with van der Waals surface area (Å²) in [6, 6.07) is 0. The Morgan fingerprint density at radius 3 is 2.78 bits per heavy atom. The molecule has 0 amide bonds. The molecule has 0 aromatic heterocycles. The second kappa shape index (κ2) is 2.56. The predicted molar refractivity (Wildman–Crippen MR) is 38.9 cm³/mol. The number of hydrogen-bond donors (Lipinski definition) is 0. The fraction of sp³-hybridized carbons (Fsp3) is 0.833. The molecular weight excluding hydrogens is 134 g/mol. The Morgan fingerprint density at radius 1 is 1.78 bits per heavy atom. The molecule has 9 heavy (non-hydrogen) atoms. The summed E-state index contributed by atoms with van der Waals surface area (Å²) in [7, 11) is 1.68. The lowest BCUT2D eigenvalue weighted by atomic mass is 10.3. The summed E-state index contributed by atoms with van der Waals surface area (Å²) in [6.07, 6.45) is 2.20. The number of aliphatic imine (C=N–C) groups is 1. The molecule has 1 aliphatic carbocycles. The van der Waals surface area contributed by atoms with Crippen molar-refractivity contribution in [1.82, 2.24) is 0 Å². The van der Waals surface area contributed by atoms with Crippen LogP contribution in [0.2, 0.25) is 0 Å². The molecule has 0 atom stereocenters. The largest absolute Gasteiger partial charge is 0.382 e. The van der Waals surface area contributed by atoms with Gasteiger partial charge in [0, 0.05) is 7.11 Å². The third kappa shape index (κ3) is 1.58. The van der Waals surface area contributed by atoms with E-state index < -0.39 is 0 Å². The van der Waals surface area contributed by atoms with Gasteiger partial charge in [0.05, 0.1) is 17.3 Å². The maximum Gasteiger partial charge on any atom is 0.0944 e. The summed E-state index contributed by atoms with van der Waals surface area (Å²) >= 11 is 4.48. The zero-order valence-electron chi connectivity index (χ0n) is 5.39. The van der Waals surface area contributed by atoms with Crippen LogP contribution in [0.15, 0.2) is 4.99 Å². The highest BCUT2D eigenvalue weighted by atomic mass is 32.1. The van der Waals surface area contributed by atoms with Crippen LogP contribution >= 0.6 is 12.2 Å². The molecular formula is C6H9NOS. The average molecular weight is 143 g/mol. The number of thiocarbonyl (C=S) groups is 1. The first-order valence-electron chi connectivity index (χ1n) is 2.91. The molecule has 0 heterocycles. The molecule has 0 radical (unpaired) electrons. The van der Waals surface area contributed by atoms with Crippen molar-refractivity contribution < 1.29 is 4.74 Å². The van der Waals surface area contributed by atoms with E-state index in [-0.39, 0.29) is 5.54 Å². The Labute approximate surface area is 59.9 Å². The van der Waals surface area contributed by atoms with Crippen molar-refractivity contribution in [3.05, 3.63) is 0 Å². The van der Waals surface area contributed by atoms with Gasteiger partial charge in [-0.3, -0.25) is 0 Å². The van der Waals surface area contributed by atoms with Crippen LogP contribution in [0.25, 0.3) is 0 Å². The van der Waals surface area contributed by atoms with Crippen LogP contribution in [0.4, 0.5) is 0 Å². The van der Waals surface area contributed by atoms with E-state index >= 15 is 0 Å². The normalized spacial score (nSPS) is 20.6. The zero-order chi connectivity index (χ0) is 6.74. The summed E-state index contributed by atoms with van der Waals surface area (Å²) in [5.41, 5.74) is 0.0382. The van der Waals surface area contributed by atoms with Crippen LogP contribution in [-0.2, 0) is 4.74 Å². The van der Waals surface area contributed by atoms with Gasteiger partial charge in [0.15, 0.2) is 0 Å². The van der Waals surface area contributed by atoms with Gasteiger partial charge in [-0.25, -0.2) is 4.99 Å². The molecule has 1 fully saturated rings. The first-order valence-corrected chi connectivity index (χ1v) is 3.32. The van der Waals surface area contributed by atoms with Crippen molar-refractivity contribution >= 4 is 17.4 Å². The van der Waals surface area contributed by atoms with Gasteiger partial charge in [0.1, 0.15) is 0 Å². The molecule has 1 saturated carbocycles. The quantitative estimate of drug-likeness (QED) is 0.438. The molecule has 0 saturated heterocycles. The number of rotatable bonds is 3. The highest BCUT2D eigenvalue weighted by Crippen LogP contribution is 2.39. The molecule has 0 aliphatic heterocycles. The van der Waals surface area contributed by atoms with Gasteiger partial charge in [-0.1, -0.05) is 0 Å². The van der Waals surface area contributed by atoms with E-state index in [1.807, 2.05) is 0 Å². The number of isothiocyanates is 1. The molecule has 0 bridgehead atoms. The van der Waals surface area contributed by atoms with Crippen molar-refractivity contribution in [3.8, 4) is 0 Å². The van der Waals surface area contributed by atoms with Crippen LogP contribution < -0.4 is 0 Å². The number of nitrogens with zero attached hydrogens (tertiary/aromatic N) is 1. The molecule has 3 heteroatoms. The lowest BCUT2D eigenvalue weighted by Gasteiger charge is -2.03. The minimum absolute atomic E-state index is 0.0382. The zero-order valence-corrected chi connectivity index (χ0v) is 6.20. The van der Waals surface area contributed by atoms with Crippen molar-refractivity contribution in [2.24, 2.45) is 4.99 Å². The van der Waals surface area contributed by atoms with Crippen molar-refractivity contribution in [2.75, 3.05) is 13.7 Å². The van der Waals surface area contributed by atoms with E-state index in [2.05, 4.69) is 22.4 Å². The maximum atomic E-state index is 4.94. The Morgan fingerprint density at radius 2 is 2.44 bits per heavy atom.